The molecule has 3 rings (SSSR count). The minimum atomic E-state index is -0.844. The van der Waals surface area contributed by atoms with Crippen LogP contribution in [0.3, 0.4) is 0 Å². The fourth-order valence-electron chi connectivity index (χ4n) is 3.70. The zero-order chi connectivity index (χ0) is 19.9. The molecule has 1 unspecified atom stereocenters. The Morgan fingerprint density at radius 3 is 2.33 bits per heavy atom. The van der Waals surface area contributed by atoms with E-state index in [1.54, 1.807) is 11.6 Å². The van der Waals surface area contributed by atoms with Gasteiger partial charge in [0, 0.05) is 20.0 Å². The summed E-state index contributed by atoms with van der Waals surface area (Å²) in [5, 5.41) is 0. The molecule has 2 fully saturated rings. The number of carbonyl (C=O) groups is 4. The van der Waals surface area contributed by atoms with Gasteiger partial charge in [-0.2, -0.15) is 0 Å². The third-order valence-electron chi connectivity index (χ3n) is 5.29. The topological polar surface area (TPSA) is 145 Å². The number of nitrogens with two attached hydrogens (primary N) is 2. The summed E-state index contributed by atoms with van der Waals surface area (Å²) in [4.78, 5) is 56.6. The van der Waals surface area contributed by atoms with Crippen LogP contribution >= 0.6 is 0 Å². The molecule has 0 spiro atoms. The van der Waals surface area contributed by atoms with Crippen LogP contribution < -0.4 is 11.5 Å². The lowest BCUT2D eigenvalue weighted by atomic mass is 9.96. The molecule has 0 aromatic carbocycles. The van der Waals surface area contributed by atoms with Crippen LogP contribution in [0.25, 0.3) is 0 Å². The van der Waals surface area contributed by atoms with Crippen LogP contribution in [-0.4, -0.2) is 101 Å². The van der Waals surface area contributed by atoms with E-state index in [0.717, 1.165) is 4.90 Å². The molecular formula is C16H24N7O4+. The number of nitrogens with zero attached hydrogens (tertiary/aromatic N) is 5. The number of likely N-dealkylation sites (tertiary alicyclic amines) is 1. The fourth-order valence-corrected chi connectivity index (χ4v) is 3.70. The highest BCUT2D eigenvalue weighted by molar-refractivity contribution is 6.23. The lowest BCUT2D eigenvalue weighted by Gasteiger charge is -2.30. The molecule has 3 heterocycles. The van der Waals surface area contributed by atoms with Crippen molar-refractivity contribution in [3.8, 4) is 0 Å². The van der Waals surface area contributed by atoms with Crippen molar-refractivity contribution >= 4 is 35.4 Å². The molecule has 146 valence electrons. The molecule has 5 amide bonds. The van der Waals surface area contributed by atoms with Crippen molar-refractivity contribution in [2.45, 2.75) is 18.9 Å². The minimum absolute atomic E-state index is 0.135. The summed E-state index contributed by atoms with van der Waals surface area (Å²) in [6.07, 6.45) is 1.30. The molecule has 11 heteroatoms. The van der Waals surface area contributed by atoms with Crippen molar-refractivity contribution in [1.82, 2.24) is 14.7 Å². The van der Waals surface area contributed by atoms with Gasteiger partial charge in [-0.05, 0) is 30.9 Å². The summed E-state index contributed by atoms with van der Waals surface area (Å²) in [5.74, 6) is -0.657. The maximum absolute atomic E-state index is 12.6. The van der Waals surface area contributed by atoms with E-state index in [0.29, 0.717) is 44.1 Å². The van der Waals surface area contributed by atoms with Crippen molar-refractivity contribution in [2.75, 3.05) is 40.3 Å². The Hall–Kier alpha value is -2.82. The first-order chi connectivity index (χ1) is 12.7. The number of rotatable bonds is 5. The summed E-state index contributed by atoms with van der Waals surface area (Å²) in [6.45, 7) is 1.52. The highest BCUT2D eigenvalue weighted by atomic mass is 16.2. The summed E-state index contributed by atoms with van der Waals surface area (Å²) in [5.41, 5.74) is 10.7. The van der Waals surface area contributed by atoms with Crippen LogP contribution in [0.5, 0.6) is 0 Å². The second-order valence-electron chi connectivity index (χ2n) is 7.07. The lowest BCUT2D eigenvalue weighted by Crippen LogP contribution is -2.62. The van der Waals surface area contributed by atoms with Crippen LogP contribution in [0.15, 0.2) is 4.99 Å². The average molecular weight is 378 g/mol. The highest BCUT2D eigenvalue weighted by Gasteiger charge is 2.53. The summed E-state index contributed by atoms with van der Waals surface area (Å²) in [7, 11) is 2.94. The van der Waals surface area contributed by atoms with E-state index in [2.05, 4.69) is 9.89 Å². The Morgan fingerprint density at radius 2 is 1.78 bits per heavy atom. The normalized spacial score (nSPS) is 24.4. The van der Waals surface area contributed by atoms with Crippen molar-refractivity contribution in [3.05, 3.63) is 0 Å². The Kier molecular flexibility index (Phi) is 4.96. The molecule has 0 aliphatic carbocycles. The first kappa shape index (κ1) is 19.0. The zero-order valence-electron chi connectivity index (χ0n) is 15.4. The number of piperidine rings is 1. The number of aliphatic imine (C=N–C) groups is 1. The van der Waals surface area contributed by atoms with Crippen molar-refractivity contribution < 1.29 is 23.8 Å². The number of urea groups is 1. The van der Waals surface area contributed by atoms with E-state index in [4.69, 9.17) is 11.5 Å². The Balaban J connectivity index is 1.85. The molecule has 0 aromatic rings. The quantitative estimate of drug-likeness (QED) is 0.503. The van der Waals surface area contributed by atoms with Crippen LogP contribution in [0.4, 0.5) is 4.79 Å². The Morgan fingerprint density at radius 1 is 1.15 bits per heavy atom. The van der Waals surface area contributed by atoms with Gasteiger partial charge < -0.3 is 11.5 Å². The van der Waals surface area contributed by atoms with Gasteiger partial charge in [0.25, 0.3) is 23.7 Å². The number of hydrogen-bond acceptors (Lipinski definition) is 6. The number of likely N-dealkylation sites (N-methyl/N-ethyl adjacent to an activating group) is 2. The maximum atomic E-state index is 12.6. The van der Waals surface area contributed by atoms with Gasteiger partial charge in [-0.3, -0.25) is 29.1 Å². The Labute approximate surface area is 156 Å². The molecule has 4 N–H and O–H groups in total. The largest absolute Gasteiger partial charge is 0.369 e. The van der Waals surface area contributed by atoms with Gasteiger partial charge in [-0.1, -0.05) is 0 Å². The highest BCUT2D eigenvalue weighted by Crippen LogP contribution is 2.21. The monoisotopic (exact) mass is 378 g/mol. The first-order valence-electron chi connectivity index (χ1n) is 8.77. The molecule has 2 saturated heterocycles. The van der Waals surface area contributed by atoms with Crippen LogP contribution in [-0.2, 0) is 14.4 Å². The molecule has 27 heavy (non-hydrogen) atoms. The molecule has 1 atom stereocenters. The molecular weight excluding hydrogens is 354 g/mol. The molecule has 3 aliphatic heterocycles. The lowest BCUT2D eigenvalue weighted by molar-refractivity contribution is -0.525. The predicted molar refractivity (Wildman–Crippen MR) is 94.8 cm³/mol. The third kappa shape index (κ3) is 3.42. The number of carbonyl (C=O) groups excluding carboxylic acids is 4. The molecule has 0 radical (unpaired) electrons. The number of amidine groups is 2. The van der Waals surface area contributed by atoms with E-state index >= 15 is 0 Å². The molecule has 0 saturated carbocycles. The number of hydrogen-bond donors (Lipinski definition) is 2. The summed E-state index contributed by atoms with van der Waals surface area (Å²) >= 11 is 0. The first-order valence-corrected chi connectivity index (χ1v) is 8.77. The van der Waals surface area contributed by atoms with Gasteiger partial charge in [0.1, 0.15) is 6.54 Å². The summed E-state index contributed by atoms with van der Waals surface area (Å²) in [6, 6.07) is -1.32. The second-order valence-corrected chi connectivity index (χ2v) is 7.07. The minimum Gasteiger partial charge on any atom is -0.369 e. The van der Waals surface area contributed by atoms with E-state index in [-0.39, 0.29) is 18.4 Å². The van der Waals surface area contributed by atoms with Crippen molar-refractivity contribution in [2.24, 2.45) is 22.4 Å². The second kappa shape index (κ2) is 7.06. The van der Waals surface area contributed by atoms with Crippen LogP contribution in [0.1, 0.15) is 12.8 Å². The standard InChI is InChI=1S/C16H23N7O4/c1-20-14-12(15(26)21(2)16(20)27)23(7-10(17)24)11(19-14)8-22-5-3-9(4-6-22)13(18)25/h9,12H,3-8H2,1-2H3,(H3-,17,18,24,25)/p+1. The third-order valence-corrected chi connectivity index (χ3v) is 5.29. The maximum Gasteiger partial charge on any atom is 0.333 e. The fraction of sp³-hybridized carbons (Fsp3) is 0.625. The van der Waals surface area contributed by atoms with Gasteiger partial charge in [0.15, 0.2) is 6.54 Å². The van der Waals surface area contributed by atoms with Crippen molar-refractivity contribution in [3.63, 3.8) is 0 Å². The number of primary amides is 2. The average Bonchev–Trinajstić information content (AvgIpc) is 2.96. The van der Waals surface area contributed by atoms with Crippen LogP contribution in [0, 0.1) is 5.92 Å². The van der Waals surface area contributed by atoms with Gasteiger partial charge >= 0.3 is 11.9 Å². The van der Waals surface area contributed by atoms with Gasteiger partial charge in [-0.25, -0.2) is 9.37 Å². The van der Waals surface area contributed by atoms with E-state index in [9.17, 15) is 19.2 Å². The zero-order valence-corrected chi connectivity index (χ0v) is 15.4. The predicted octanol–water partition coefficient (Wildman–Crippen LogP) is -2.62. The van der Waals surface area contributed by atoms with Crippen LogP contribution in [0.2, 0.25) is 0 Å². The van der Waals surface area contributed by atoms with Crippen molar-refractivity contribution in [1.29, 1.82) is 0 Å². The molecule has 11 nitrogen and oxygen atoms in total. The van der Waals surface area contributed by atoms with Gasteiger partial charge in [0.2, 0.25) is 5.91 Å². The SMILES string of the molecule is CN1C(=O)C2C(=NC(CN3CCC(C(N)=O)CC3)=[N+]2CC(N)=O)N(C)C1=O. The molecule has 0 bridgehead atoms. The molecule has 3 aliphatic rings. The smallest absolute Gasteiger partial charge is 0.333 e. The van der Waals surface area contributed by atoms with Gasteiger partial charge in [0.05, 0.1) is 0 Å². The van der Waals surface area contributed by atoms with E-state index in [1.165, 1.54) is 11.9 Å². The Bertz CT molecular complexity index is 767. The van der Waals surface area contributed by atoms with Gasteiger partial charge in [-0.15, -0.1) is 0 Å². The van der Waals surface area contributed by atoms with E-state index < -0.39 is 23.9 Å². The summed E-state index contributed by atoms with van der Waals surface area (Å²) < 4.78 is 1.56. The number of amides is 5. The van der Waals surface area contributed by atoms with E-state index in [1.807, 2.05) is 0 Å². The number of fused-ring (bicyclic) bond motifs is 1. The molecule has 0 aromatic heterocycles. The number of imide groups is 1.